The number of ether oxygens (including phenoxy) is 1. The van der Waals surface area contributed by atoms with Crippen LogP contribution in [0.2, 0.25) is 0 Å². The van der Waals surface area contributed by atoms with Crippen LogP contribution >= 0.6 is 0 Å². The summed E-state index contributed by atoms with van der Waals surface area (Å²) < 4.78 is 8.46. The zero-order chi connectivity index (χ0) is 18.0. The monoisotopic (exact) mass is 340 g/mol. The van der Waals surface area contributed by atoms with E-state index < -0.39 is 5.91 Å². The molecule has 0 unspecified atom stereocenters. The molecular formula is C21H28N2O2. The standard InChI is InChI=1S/C21H28N2O2/c1-4-10-15-18(5-2)25-20(14-11-8-7-9-12-14)16-13-17(21(22)24)23(6-3)19(15)16/h4-5,10,13-14,20H,1,6-9,11-12H2,2-3H3,(H2,22,24)/b15-10+,18-5+/t20-/m1/s1. The van der Waals surface area contributed by atoms with Crippen molar-refractivity contribution in [3.63, 3.8) is 0 Å². The fraction of sp³-hybridized carbons (Fsp3) is 0.476. The number of primary amides is 1. The Balaban J connectivity index is 2.20. The third-order valence-corrected chi connectivity index (χ3v) is 5.40. The molecule has 1 amide bonds. The fourth-order valence-corrected chi connectivity index (χ4v) is 4.29. The first-order chi connectivity index (χ1) is 12.1. The number of carbonyl (C=O) groups is 1. The van der Waals surface area contributed by atoms with Crippen molar-refractivity contribution in [2.24, 2.45) is 11.7 Å². The van der Waals surface area contributed by atoms with Crippen LogP contribution in [0.5, 0.6) is 0 Å². The number of aromatic nitrogens is 1. The van der Waals surface area contributed by atoms with E-state index in [1.165, 1.54) is 32.1 Å². The van der Waals surface area contributed by atoms with Gasteiger partial charge in [-0.15, -0.1) is 0 Å². The summed E-state index contributed by atoms with van der Waals surface area (Å²) >= 11 is 0. The molecule has 4 heteroatoms. The van der Waals surface area contributed by atoms with Crippen molar-refractivity contribution >= 4 is 11.5 Å². The van der Waals surface area contributed by atoms with Gasteiger partial charge in [-0.05, 0) is 44.9 Å². The summed E-state index contributed by atoms with van der Waals surface area (Å²) in [5.41, 5.74) is 9.36. The molecule has 0 spiro atoms. The van der Waals surface area contributed by atoms with Gasteiger partial charge in [0, 0.05) is 23.6 Å². The van der Waals surface area contributed by atoms with Gasteiger partial charge in [0.25, 0.3) is 5.91 Å². The van der Waals surface area contributed by atoms with Gasteiger partial charge >= 0.3 is 0 Å². The van der Waals surface area contributed by atoms with E-state index in [4.69, 9.17) is 10.5 Å². The predicted octanol–water partition coefficient (Wildman–Crippen LogP) is 4.73. The molecule has 2 heterocycles. The number of hydrogen-bond acceptors (Lipinski definition) is 2. The minimum Gasteiger partial charge on any atom is -0.485 e. The third-order valence-electron chi connectivity index (χ3n) is 5.40. The lowest BCUT2D eigenvalue weighted by Gasteiger charge is -2.36. The van der Waals surface area contributed by atoms with Crippen LogP contribution in [0.25, 0.3) is 5.57 Å². The molecule has 0 radical (unpaired) electrons. The van der Waals surface area contributed by atoms with Crippen molar-refractivity contribution in [3.8, 4) is 0 Å². The third kappa shape index (κ3) is 3.06. The largest absolute Gasteiger partial charge is 0.485 e. The summed E-state index contributed by atoms with van der Waals surface area (Å²) in [5.74, 6) is 0.964. The number of carbonyl (C=O) groups excluding carboxylic acids is 1. The maximum absolute atomic E-state index is 12.0. The van der Waals surface area contributed by atoms with E-state index >= 15 is 0 Å². The first-order valence-corrected chi connectivity index (χ1v) is 9.32. The van der Waals surface area contributed by atoms with E-state index in [0.29, 0.717) is 18.2 Å². The fourth-order valence-electron chi connectivity index (χ4n) is 4.29. The minimum absolute atomic E-state index is 0.00522. The number of rotatable bonds is 4. The Hall–Kier alpha value is -2.23. The second-order valence-corrected chi connectivity index (χ2v) is 6.85. The topological polar surface area (TPSA) is 57.2 Å². The van der Waals surface area contributed by atoms with Gasteiger partial charge in [-0.2, -0.15) is 0 Å². The molecule has 3 rings (SSSR count). The second-order valence-electron chi connectivity index (χ2n) is 6.85. The van der Waals surface area contributed by atoms with Gasteiger partial charge in [0.1, 0.15) is 17.6 Å². The Kier molecular flexibility index (Phi) is 5.16. The number of hydrogen-bond donors (Lipinski definition) is 1. The van der Waals surface area contributed by atoms with Crippen LogP contribution in [0.3, 0.4) is 0 Å². The Labute approximate surface area is 150 Å². The Morgan fingerprint density at radius 1 is 1.40 bits per heavy atom. The molecular weight excluding hydrogens is 312 g/mol. The Bertz CT molecular complexity index is 733. The average Bonchev–Trinajstić information content (AvgIpc) is 3.02. The van der Waals surface area contributed by atoms with Crippen molar-refractivity contribution < 1.29 is 9.53 Å². The summed E-state index contributed by atoms with van der Waals surface area (Å²) in [4.78, 5) is 12.0. The van der Waals surface area contributed by atoms with Crippen molar-refractivity contribution in [2.45, 2.75) is 58.6 Å². The zero-order valence-corrected chi connectivity index (χ0v) is 15.3. The van der Waals surface area contributed by atoms with Crippen LogP contribution in [-0.4, -0.2) is 10.5 Å². The van der Waals surface area contributed by atoms with Gasteiger partial charge in [-0.1, -0.05) is 31.9 Å². The van der Waals surface area contributed by atoms with Gasteiger partial charge < -0.3 is 15.0 Å². The van der Waals surface area contributed by atoms with E-state index in [1.807, 2.05) is 36.6 Å². The number of allylic oxidation sites excluding steroid dienone is 4. The minimum atomic E-state index is -0.390. The highest BCUT2D eigenvalue weighted by Gasteiger charge is 2.37. The molecule has 2 N–H and O–H groups in total. The zero-order valence-electron chi connectivity index (χ0n) is 15.3. The van der Waals surface area contributed by atoms with Crippen LogP contribution < -0.4 is 5.73 Å². The lowest BCUT2D eigenvalue weighted by Crippen LogP contribution is -2.24. The first-order valence-electron chi connectivity index (χ1n) is 9.32. The van der Waals surface area contributed by atoms with Crippen LogP contribution in [-0.2, 0) is 11.3 Å². The van der Waals surface area contributed by atoms with Crippen LogP contribution in [0.15, 0.2) is 36.6 Å². The van der Waals surface area contributed by atoms with Crippen molar-refractivity contribution in [1.82, 2.24) is 4.57 Å². The molecule has 1 saturated carbocycles. The van der Waals surface area contributed by atoms with Crippen LogP contribution in [0.4, 0.5) is 0 Å². The predicted molar refractivity (Wildman–Crippen MR) is 101 cm³/mol. The number of nitrogens with zero attached hydrogens (tertiary/aromatic N) is 1. The first kappa shape index (κ1) is 17.6. The van der Waals surface area contributed by atoms with E-state index in [9.17, 15) is 4.79 Å². The van der Waals surface area contributed by atoms with E-state index in [1.54, 1.807) is 6.08 Å². The maximum Gasteiger partial charge on any atom is 0.265 e. The molecule has 1 aromatic rings. The van der Waals surface area contributed by atoms with Crippen LogP contribution in [0, 0.1) is 5.92 Å². The van der Waals surface area contributed by atoms with Crippen LogP contribution in [0.1, 0.15) is 73.8 Å². The summed E-state index contributed by atoms with van der Waals surface area (Å²) in [6.07, 6.45) is 11.9. The molecule has 1 aromatic heterocycles. The molecule has 0 bridgehead atoms. The molecule has 1 aliphatic heterocycles. The van der Waals surface area contributed by atoms with Gasteiger partial charge in [-0.25, -0.2) is 0 Å². The quantitative estimate of drug-likeness (QED) is 0.861. The van der Waals surface area contributed by atoms with Crippen molar-refractivity contribution in [1.29, 1.82) is 0 Å². The summed E-state index contributed by atoms with van der Waals surface area (Å²) in [5, 5.41) is 0. The number of nitrogens with two attached hydrogens (primary N) is 1. The Morgan fingerprint density at radius 3 is 2.68 bits per heavy atom. The van der Waals surface area contributed by atoms with E-state index in [2.05, 4.69) is 6.58 Å². The molecule has 25 heavy (non-hydrogen) atoms. The second kappa shape index (κ2) is 7.34. The lowest BCUT2D eigenvalue weighted by atomic mass is 9.80. The van der Waals surface area contributed by atoms with Crippen molar-refractivity contribution in [2.75, 3.05) is 0 Å². The van der Waals surface area contributed by atoms with Gasteiger partial charge in [0.05, 0.1) is 5.69 Å². The highest BCUT2D eigenvalue weighted by atomic mass is 16.5. The SMILES string of the molecule is C=C/C=C1\C(=C/C)O[C@H](C2CCCCC2)c2cc(C(N)=O)n(CC)c21. The number of fused-ring (bicyclic) bond motifs is 1. The van der Waals surface area contributed by atoms with E-state index in [0.717, 1.165) is 22.6 Å². The van der Waals surface area contributed by atoms with Gasteiger partial charge in [0.15, 0.2) is 0 Å². The highest BCUT2D eigenvalue weighted by molar-refractivity contribution is 5.94. The highest BCUT2D eigenvalue weighted by Crippen LogP contribution is 2.47. The molecule has 1 fully saturated rings. The molecule has 134 valence electrons. The Morgan fingerprint density at radius 2 is 2.12 bits per heavy atom. The maximum atomic E-state index is 12.0. The molecule has 1 aliphatic carbocycles. The van der Waals surface area contributed by atoms with Gasteiger partial charge in [0.2, 0.25) is 0 Å². The van der Waals surface area contributed by atoms with Gasteiger partial charge in [-0.3, -0.25) is 4.79 Å². The molecule has 0 aromatic carbocycles. The summed E-state index contributed by atoms with van der Waals surface area (Å²) in [6, 6.07) is 1.95. The molecule has 4 nitrogen and oxygen atoms in total. The number of amides is 1. The van der Waals surface area contributed by atoms with Crippen molar-refractivity contribution in [3.05, 3.63) is 53.6 Å². The smallest absolute Gasteiger partial charge is 0.265 e. The average molecular weight is 340 g/mol. The van der Waals surface area contributed by atoms with E-state index in [-0.39, 0.29) is 6.10 Å². The molecule has 2 aliphatic rings. The molecule has 0 saturated heterocycles. The summed E-state index contributed by atoms with van der Waals surface area (Å²) in [6.45, 7) is 8.56. The summed E-state index contributed by atoms with van der Waals surface area (Å²) in [7, 11) is 0. The molecule has 1 atom stereocenters. The normalized spacial score (nSPS) is 24.2. The lowest BCUT2D eigenvalue weighted by molar-refractivity contribution is 0.0488.